The quantitative estimate of drug-likeness (QED) is 0.0738. The van der Waals surface area contributed by atoms with Crippen molar-refractivity contribution in [2.75, 3.05) is 38.4 Å². The zero-order valence-electron chi connectivity index (χ0n) is 23.0. The van der Waals surface area contributed by atoms with Crippen molar-refractivity contribution in [3.8, 4) is 0 Å². The van der Waals surface area contributed by atoms with E-state index in [1.54, 1.807) is 0 Å². The number of hydrogen-bond donors (Lipinski definition) is 0. The molecule has 0 rings (SSSR count). The van der Waals surface area contributed by atoms with E-state index in [2.05, 4.69) is 0 Å². The van der Waals surface area contributed by atoms with Crippen LogP contribution >= 0.6 is 6.75 Å². The SMILES string of the molecule is CCCCCCP(CCCCCC)(CCCCCC)(CCOC)N(S(=O)(=O)C(F)(F)F)S(=O)(=O)C(F)(F)F. The molecule has 0 aliphatic heterocycles. The van der Waals surface area contributed by atoms with Gasteiger partial charge in [-0.2, -0.15) is 0 Å². The predicted molar refractivity (Wildman–Crippen MR) is 142 cm³/mol. The van der Waals surface area contributed by atoms with Crippen LogP contribution in [0.15, 0.2) is 0 Å². The van der Waals surface area contributed by atoms with E-state index in [0.29, 0.717) is 57.8 Å². The van der Waals surface area contributed by atoms with Crippen LogP contribution in [0, 0.1) is 0 Å². The van der Waals surface area contributed by atoms with E-state index >= 15 is 0 Å². The van der Waals surface area contributed by atoms with Gasteiger partial charge in [-0.25, -0.2) is 0 Å². The summed E-state index contributed by atoms with van der Waals surface area (Å²) in [6.07, 6.45) is 4.17. The van der Waals surface area contributed by atoms with Gasteiger partial charge in [0, 0.05) is 0 Å². The van der Waals surface area contributed by atoms with Crippen LogP contribution in [0.1, 0.15) is 97.8 Å². The summed E-state index contributed by atoms with van der Waals surface area (Å²) < 4.78 is 141. The molecular weight excluding hydrogens is 579 g/mol. The van der Waals surface area contributed by atoms with Gasteiger partial charge in [0.25, 0.3) is 0 Å². The average molecular weight is 626 g/mol. The molecule has 0 spiro atoms. The second kappa shape index (κ2) is 15.7. The van der Waals surface area contributed by atoms with Gasteiger partial charge in [0.2, 0.25) is 0 Å². The minimum atomic E-state index is -6.93. The molecule has 0 aromatic rings. The van der Waals surface area contributed by atoms with Crippen molar-refractivity contribution >= 4 is 26.8 Å². The Hall–Kier alpha value is -0.170. The Morgan fingerprint density at radius 1 is 0.579 bits per heavy atom. The van der Waals surface area contributed by atoms with Crippen LogP contribution < -0.4 is 0 Å². The monoisotopic (exact) mass is 625 g/mol. The van der Waals surface area contributed by atoms with E-state index in [1.165, 1.54) is 7.11 Å². The van der Waals surface area contributed by atoms with Gasteiger partial charge in [0.1, 0.15) is 0 Å². The van der Waals surface area contributed by atoms with Crippen LogP contribution in [0.25, 0.3) is 0 Å². The number of rotatable bonds is 21. The fourth-order valence-corrected chi connectivity index (χ4v) is 20.1. The number of alkyl halides is 6. The topological polar surface area (TPSA) is 80.8 Å². The van der Waals surface area contributed by atoms with E-state index in [4.69, 9.17) is 4.74 Å². The van der Waals surface area contributed by atoms with E-state index in [1.807, 2.05) is 20.8 Å². The summed E-state index contributed by atoms with van der Waals surface area (Å²) in [6.45, 7) is 0.182. The molecule has 0 N–H and O–H groups in total. The first kappa shape index (κ1) is 37.8. The van der Waals surface area contributed by atoms with Gasteiger partial charge in [0.15, 0.2) is 0 Å². The number of methoxy groups -OCH3 is 1. The van der Waals surface area contributed by atoms with E-state index < -0.39 is 47.5 Å². The molecule has 0 aliphatic carbocycles. The van der Waals surface area contributed by atoms with Crippen LogP contribution in [0.5, 0.6) is 0 Å². The van der Waals surface area contributed by atoms with Crippen LogP contribution in [-0.2, 0) is 24.8 Å². The molecule has 0 fully saturated rings. The molecule has 0 amide bonds. The van der Waals surface area contributed by atoms with E-state index in [9.17, 15) is 43.2 Å². The molecule has 0 heterocycles. The molecule has 232 valence electrons. The van der Waals surface area contributed by atoms with Gasteiger partial charge in [-0.3, -0.25) is 0 Å². The molecule has 0 aromatic carbocycles. The van der Waals surface area contributed by atoms with Crippen LogP contribution in [-0.4, -0.2) is 69.7 Å². The van der Waals surface area contributed by atoms with Crippen LogP contribution in [0.3, 0.4) is 0 Å². The van der Waals surface area contributed by atoms with Crippen molar-refractivity contribution in [1.29, 1.82) is 0 Å². The first-order chi connectivity index (χ1) is 17.4. The molecule has 6 nitrogen and oxygen atoms in total. The summed E-state index contributed by atoms with van der Waals surface area (Å²) in [5.74, 6) is 0. The van der Waals surface area contributed by atoms with Crippen molar-refractivity contribution in [2.45, 2.75) is 109 Å². The Bertz CT molecular complexity index is 817. The van der Waals surface area contributed by atoms with Gasteiger partial charge in [-0.05, 0) is 0 Å². The summed E-state index contributed by atoms with van der Waals surface area (Å²) >= 11 is 0. The van der Waals surface area contributed by atoms with Gasteiger partial charge >= 0.3 is 225 Å². The van der Waals surface area contributed by atoms with Crippen LogP contribution in [0.4, 0.5) is 26.3 Å². The average Bonchev–Trinajstić information content (AvgIpc) is 2.80. The van der Waals surface area contributed by atoms with Crippen molar-refractivity contribution in [3.05, 3.63) is 0 Å². The fraction of sp³-hybridized carbons (Fsp3) is 1.00. The molecule has 15 heteroatoms. The number of unbranched alkanes of at least 4 members (excludes halogenated alkanes) is 9. The first-order valence-corrected chi connectivity index (χ1v) is 19.2. The minimum absolute atomic E-state index is 0.119. The summed E-state index contributed by atoms with van der Waals surface area (Å²) in [5, 5.41) is 0. The van der Waals surface area contributed by atoms with Crippen molar-refractivity contribution in [3.63, 3.8) is 0 Å². The molecule has 0 unspecified atom stereocenters. The number of sulfonamides is 2. The third kappa shape index (κ3) is 9.45. The summed E-state index contributed by atoms with van der Waals surface area (Å²) in [4.78, 5) is 0. The summed E-state index contributed by atoms with van der Waals surface area (Å²) in [6, 6.07) is 0. The number of hydrogen-bond acceptors (Lipinski definition) is 5. The molecule has 0 aromatic heterocycles. The Balaban J connectivity index is 7.70. The zero-order chi connectivity index (χ0) is 29.8. The molecule has 0 bridgehead atoms. The standard InChI is InChI=1S/C23H46F6NO5PS2/c1-5-8-11-14-18-36(21-17-35-4,19-15-12-9-6-2,20-16-13-10-7-3)30(37(31,32)22(24,25)26)38(33,34)23(27,28)29/h5-21H2,1-4H3. The third-order valence-corrected chi connectivity index (χ3v) is 21.0. The molecule has 0 radical (unpaired) electrons. The first-order valence-electron chi connectivity index (χ1n) is 13.4. The Morgan fingerprint density at radius 3 is 1.13 bits per heavy atom. The predicted octanol–water partition coefficient (Wildman–Crippen LogP) is 7.84. The van der Waals surface area contributed by atoms with Crippen LogP contribution in [0.2, 0.25) is 0 Å². The summed E-state index contributed by atoms with van der Waals surface area (Å²) in [7, 11) is -12.6. The Morgan fingerprint density at radius 2 is 0.895 bits per heavy atom. The number of nitrogens with zero attached hydrogens (tertiary/aromatic N) is 1. The summed E-state index contributed by atoms with van der Waals surface area (Å²) in [5.41, 5.74) is -12.5. The van der Waals surface area contributed by atoms with Gasteiger partial charge in [0.05, 0.1) is 0 Å². The fourth-order valence-electron chi connectivity index (χ4n) is 5.07. The van der Waals surface area contributed by atoms with Gasteiger partial charge in [-0.15, -0.1) is 0 Å². The van der Waals surface area contributed by atoms with Crippen molar-refractivity contribution < 1.29 is 47.9 Å². The van der Waals surface area contributed by atoms with E-state index in [-0.39, 0.29) is 44.4 Å². The zero-order valence-corrected chi connectivity index (χ0v) is 25.6. The molecule has 0 saturated carbocycles. The molecule has 38 heavy (non-hydrogen) atoms. The molecule has 0 atom stereocenters. The third-order valence-electron chi connectivity index (χ3n) is 7.09. The number of ether oxygens (including phenoxy) is 1. The maximum atomic E-state index is 14.1. The molecule has 0 aliphatic rings. The van der Waals surface area contributed by atoms with Crippen molar-refractivity contribution in [1.82, 2.24) is 3.48 Å². The second-order valence-electron chi connectivity index (χ2n) is 10.1. The normalized spacial score (nSPS) is 15.1. The number of halogens is 6. The molecule has 0 saturated heterocycles. The molecular formula is C23H46F6NO5PS2. The van der Waals surface area contributed by atoms with E-state index in [0.717, 1.165) is 0 Å². The van der Waals surface area contributed by atoms with Crippen molar-refractivity contribution in [2.24, 2.45) is 0 Å². The Labute approximate surface area is 225 Å². The second-order valence-corrected chi connectivity index (χ2v) is 20.4. The van der Waals surface area contributed by atoms with Gasteiger partial charge in [-0.1, -0.05) is 0 Å². The van der Waals surface area contributed by atoms with Gasteiger partial charge < -0.3 is 0 Å². The Kier molecular flexibility index (Phi) is 15.7. The maximum absolute atomic E-state index is 14.1.